The molecule has 0 spiro atoms. The minimum atomic E-state index is 0.235. The van der Waals surface area contributed by atoms with Crippen LogP contribution in [0.2, 0.25) is 5.02 Å². The predicted molar refractivity (Wildman–Crippen MR) is 72.3 cm³/mol. The Labute approximate surface area is 111 Å². The number of tetrazole rings is 1. The van der Waals surface area contributed by atoms with Gasteiger partial charge in [0, 0.05) is 5.56 Å². The van der Waals surface area contributed by atoms with Gasteiger partial charge in [0.2, 0.25) is 0 Å². The van der Waals surface area contributed by atoms with E-state index in [1.807, 2.05) is 12.1 Å². The van der Waals surface area contributed by atoms with Crippen LogP contribution in [0, 0.1) is 0 Å². The molecule has 1 aromatic carbocycles. The highest BCUT2D eigenvalue weighted by Crippen LogP contribution is 2.31. The van der Waals surface area contributed by atoms with Crippen LogP contribution < -0.4 is 5.73 Å². The molecule has 0 saturated heterocycles. The number of halogens is 1. The third-order valence-corrected chi connectivity index (χ3v) is 3.24. The fraction of sp³-hybridized carbons (Fsp3) is 0.417. The zero-order valence-corrected chi connectivity index (χ0v) is 11.2. The summed E-state index contributed by atoms with van der Waals surface area (Å²) in [5.74, 6) is 0.663. The van der Waals surface area contributed by atoms with Gasteiger partial charge in [0.05, 0.1) is 16.8 Å². The Kier molecular flexibility index (Phi) is 3.81. The lowest BCUT2D eigenvalue weighted by Gasteiger charge is -2.13. The van der Waals surface area contributed by atoms with Crippen molar-refractivity contribution in [3.63, 3.8) is 0 Å². The van der Waals surface area contributed by atoms with Gasteiger partial charge in [0.15, 0.2) is 5.82 Å². The molecule has 0 amide bonds. The largest absolute Gasteiger partial charge is 0.397 e. The van der Waals surface area contributed by atoms with E-state index in [0.29, 0.717) is 16.5 Å². The minimum absolute atomic E-state index is 0.235. The molecule has 0 radical (unpaired) electrons. The first-order valence-electron chi connectivity index (χ1n) is 5.97. The van der Waals surface area contributed by atoms with Crippen LogP contribution in [0.1, 0.15) is 32.7 Å². The lowest BCUT2D eigenvalue weighted by atomic mass is 10.1. The van der Waals surface area contributed by atoms with Crippen molar-refractivity contribution in [1.82, 2.24) is 20.2 Å². The fourth-order valence-electron chi connectivity index (χ4n) is 1.94. The number of rotatable bonds is 4. The zero-order valence-electron chi connectivity index (χ0n) is 10.5. The second-order valence-corrected chi connectivity index (χ2v) is 4.69. The van der Waals surface area contributed by atoms with Crippen molar-refractivity contribution in [2.24, 2.45) is 0 Å². The summed E-state index contributed by atoms with van der Waals surface area (Å²) in [6.07, 6.45) is 2.09. The van der Waals surface area contributed by atoms with Crippen molar-refractivity contribution >= 4 is 17.3 Å². The average molecular weight is 266 g/mol. The lowest BCUT2D eigenvalue weighted by Crippen LogP contribution is -2.09. The number of nitrogens with zero attached hydrogens (tertiary/aromatic N) is 4. The molecule has 0 bridgehead atoms. The van der Waals surface area contributed by atoms with Gasteiger partial charge in [0.25, 0.3) is 0 Å². The Morgan fingerprint density at radius 3 is 2.94 bits per heavy atom. The zero-order chi connectivity index (χ0) is 13.1. The van der Waals surface area contributed by atoms with Crippen molar-refractivity contribution in [2.75, 3.05) is 5.73 Å². The molecular weight excluding hydrogens is 250 g/mol. The van der Waals surface area contributed by atoms with Crippen molar-refractivity contribution in [2.45, 2.75) is 32.7 Å². The van der Waals surface area contributed by atoms with E-state index >= 15 is 0 Å². The Bertz CT molecular complexity index is 537. The molecule has 0 aliphatic carbocycles. The van der Waals surface area contributed by atoms with Crippen molar-refractivity contribution in [3.05, 3.63) is 23.2 Å². The van der Waals surface area contributed by atoms with E-state index in [9.17, 15) is 0 Å². The molecule has 2 aromatic rings. The van der Waals surface area contributed by atoms with Crippen LogP contribution in [0.4, 0.5) is 5.69 Å². The van der Waals surface area contributed by atoms with Crippen LogP contribution in [0.5, 0.6) is 0 Å². The highest BCUT2D eigenvalue weighted by Gasteiger charge is 2.16. The number of hydrogen-bond donors (Lipinski definition) is 1. The molecule has 0 saturated carbocycles. The topological polar surface area (TPSA) is 69.6 Å². The van der Waals surface area contributed by atoms with E-state index in [0.717, 1.165) is 18.4 Å². The highest BCUT2D eigenvalue weighted by molar-refractivity contribution is 6.33. The van der Waals surface area contributed by atoms with E-state index in [1.54, 1.807) is 10.7 Å². The highest BCUT2D eigenvalue weighted by atomic mass is 35.5. The van der Waals surface area contributed by atoms with Gasteiger partial charge in [0.1, 0.15) is 0 Å². The molecular formula is C12H16ClN5. The van der Waals surface area contributed by atoms with Gasteiger partial charge in [-0.05, 0) is 35.9 Å². The molecule has 1 atom stereocenters. The third-order valence-electron chi connectivity index (χ3n) is 2.91. The first-order chi connectivity index (χ1) is 8.65. The number of aromatic nitrogens is 4. The molecule has 2 rings (SSSR count). The second-order valence-electron chi connectivity index (χ2n) is 4.29. The van der Waals surface area contributed by atoms with Gasteiger partial charge in [-0.25, -0.2) is 4.68 Å². The molecule has 1 heterocycles. The molecule has 0 aliphatic rings. The average Bonchev–Trinajstić information content (AvgIpc) is 2.82. The Hall–Kier alpha value is -1.62. The lowest BCUT2D eigenvalue weighted by molar-refractivity contribution is 0.447. The molecule has 0 aliphatic heterocycles. The molecule has 5 nitrogen and oxygen atoms in total. The summed E-state index contributed by atoms with van der Waals surface area (Å²) in [7, 11) is 0. The molecule has 18 heavy (non-hydrogen) atoms. The molecule has 6 heteroatoms. The molecule has 1 aromatic heterocycles. The number of para-hydroxylation sites is 1. The standard InChI is InChI=1S/C12H16ClN5/c1-3-5-8(2)18-12(15-16-17-18)9-6-4-7-10(13)11(9)14/h4,6-8H,3,5,14H2,1-2H3. The van der Waals surface area contributed by atoms with Gasteiger partial charge in [-0.1, -0.05) is 31.0 Å². The maximum absolute atomic E-state index is 6.02. The van der Waals surface area contributed by atoms with Gasteiger partial charge < -0.3 is 5.73 Å². The van der Waals surface area contributed by atoms with Crippen LogP contribution in [0.25, 0.3) is 11.4 Å². The smallest absolute Gasteiger partial charge is 0.184 e. The van der Waals surface area contributed by atoms with Crippen molar-refractivity contribution < 1.29 is 0 Å². The van der Waals surface area contributed by atoms with E-state index in [1.165, 1.54) is 0 Å². The summed E-state index contributed by atoms with van der Waals surface area (Å²) in [5, 5.41) is 12.3. The molecule has 96 valence electrons. The van der Waals surface area contributed by atoms with Gasteiger partial charge >= 0.3 is 0 Å². The summed E-state index contributed by atoms with van der Waals surface area (Å²) < 4.78 is 1.80. The normalized spacial score (nSPS) is 12.6. The van der Waals surface area contributed by atoms with Gasteiger partial charge in [-0.3, -0.25) is 0 Å². The van der Waals surface area contributed by atoms with E-state index in [4.69, 9.17) is 17.3 Å². The number of hydrogen-bond acceptors (Lipinski definition) is 4. The molecule has 0 fully saturated rings. The van der Waals surface area contributed by atoms with E-state index in [-0.39, 0.29) is 6.04 Å². The van der Waals surface area contributed by atoms with Crippen LogP contribution in [-0.2, 0) is 0 Å². The van der Waals surface area contributed by atoms with Crippen molar-refractivity contribution in [1.29, 1.82) is 0 Å². The maximum atomic E-state index is 6.02. The van der Waals surface area contributed by atoms with Crippen LogP contribution in [-0.4, -0.2) is 20.2 Å². The molecule has 2 N–H and O–H groups in total. The predicted octanol–water partition coefficient (Wildman–Crippen LogP) is 2.94. The van der Waals surface area contributed by atoms with E-state index in [2.05, 4.69) is 29.4 Å². The SMILES string of the molecule is CCCC(C)n1nnnc1-c1cccc(Cl)c1N. The summed E-state index contributed by atoms with van der Waals surface area (Å²) in [6, 6.07) is 5.71. The van der Waals surface area contributed by atoms with E-state index < -0.39 is 0 Å². The van der Waals surface area contributed by atoms with Crippen LogP contribution in [0.3, 0.4) is 0 Å². The molecule has 1 unspecified atom stereocenters. The third kappa shape index (κ3) is 2.31. The quantitative estimate of drug-likeness (QED) is 0.863. The first-order valence-corrected chi connectivity index (χ1v) is 6.35. The number of nitrogen functional groups attached to an aromatic ring is 1. The van der Waals surface area contributed by atoms with Crippen LogP contribution >= 0.6 is 11.6 Å². The second kappa shape index (κ2) is 5.35. The monoisotopic (exact) mass is 265 g/mol. The summed E-state index contributed by atoms with van der Waals surface area (Å²) in [6.45, 7) is 4.22. The summed E-state index contributed by atoms with van der Waals surface area (Å²) >= 11 is 6.02. The minimum Gasteiger partial charge on any atom is -0.397 e. The van der Waals surface area contributed by atoms with Crippen LogP contribution in [0.15, 0.2) is 18.2 Å². The summed E-state index contributed by atoms with van der Waals surface area (Å²) in [5.41, 5.74) is 7.26. The first kappa shape index (κ1) is 12.8. The fourth-order valence-corrected chi connectivity index (χ4v) is 2.11. The Morgan fingerprint density at radius 2 is 2.22 bits per heavy atom. The number of anilines is 1. The summed E-state index contributed by atoms with van der Waals surface area (Å²) in [4.78, 5) is 0. The van der Waals surface area contributed by atoms with Crippen molar-refractivity contribution in [3.8, 4) is 11.4 Å². The number of nitrogens with two attached hydrogens (primary N) is 1. The Morgan fingerprint density at radius 1 is 1.44 bits per heavy atom. The Balaban J connectivity index is 2.45. The number of benzene rings is 1. The van der Waals surface area contributed by atoms with Gasteiger partial charge in [-0.2, -0.15) is 0 Å². The maximum Gasteiger partial charge on any atom is 0.184 e. The van der Waals surface area contributed by atoms with Gasteiger partial charge in [-0.15, -0.1) is 5.10 Å².